The van der Waals surface area contributed by atoms with Gasteiger partial charge < -0.3 is 4.43 Å². The van der Waals surface area contributed by atoms with Gasteiger partial charge in [-0.2, -0.15) is 0 Å². The van der Waals surface area contributed by atoms with Crippen LogP contribution in [0.15, 0.2) is 0 Å². The van der Waals surface area contributed by atoms with Gasteiger partial charge in [0.05, 0.1) is 0 Å². The Morgan fingerprint density at radius 2 is 1.73 bits per heavy atom. The lowest BCUT2D eigenvalue weighted by Crippen LogP contribution is -2.40. The normalized spacial score (nSPS) is 15.4. The number of hydrogen-bond donors (Lipinski definition) is 0. The molecule has 0 heterocycles. The van der Waals surface area contributed by atoms with Crippen LogP contribution in [-0.4, -0.2) is 19.8 Å². The number of rotatable bonds is 6. The van der Waals surface area contributed by atoms with Crippen molar-refractivity contribution in [2.45, 2.75) is 69.9 Å². The fourth-order valence-corrected chi connectivity index (χ4v) is 2.48. The molecule has 0 aromatic rings. The largest absolute Gasteiger partial charge is 0.417 e. The fraction of sp³-hybridized carbons (Fsp3) is 1.00. The van der Waals surface area contributed by atoms with E-state index >= 15 is 0 Å². The molecular weight excluding hydrogens is 268 g/mol. The summed E-state index contributed by atoms with van der Waals surface area (Å²) in [6.45, 7) is 14.7. The Hall–Kier alpha value is 0.657. The van der Waals surface area contributed by atoms with Gasteiger partial charge in [-0.1, -0.05) is 50.0 Å². The number of hydrogen-bond acceptors (Lipinski definition) is 1. The summed E-state index contributed by atoms with van der Waals surface area (Å²) in [4.78, 5) is 0.644. The predicted molar refractivity (Wildman–Crippen MR) is 75.4 cm³/mol. The summed E-state index contributed by atoms with van der Waals surface area (Å²) < 4.78 is 6.10. The lowest BCUT2D eigenvalue weighted by molar-refractivity contribution is 0.278. The fourth-order valence-electron chi connectivity index (χ4n) is 1.07. The number of alkyl halides is 1. The van der Waals surface area contributed by atoms with E-state index in [0.717, 1.165) is 6.61 Å². The second-order valence-electron chi connectivity index (χ2n) is 5.89. The molecule has 0 aliphatic heterocycles. The van der Waals surface area contributed by atoms with Crippen molar-refractivity contribution in [3.05, 3.63) is 0 Å². The first-order valence-corrected chi connectivity index (χ1v) is 9.77. The third-order valence-electron chi connectivity index (χ3n) is 3.27. The maximum atomic E-state index is 6.10. The zero-order chi connectivity index (χ0) is 12.1. The lowest BCUT2D eigenvalue weighted by atomic mass is 10.2. The van der Waals surface area contributed by atoms with Gasteiger partial charge in [0.25, 0.3) is 0 Å². The molecule has 1 nitrogen and oxygen atoms in total. The zero-order valence-corrected chi connectivity index (χ0v) is 13.8. The van der Waals surface area contributed by atoms with Gasteiger partial charge >= 0.3 is 0 Å². The SMILES string of the molecule is CC(Br)CCCCO[Si](C)(C)C(C)(C)C. The molecule has 0 aliphatic carbocycles. The first kappa shape index (κ1) is 15.7. The Kier molecular flexibility index (Phi) is 6.69. The molecule has 0 rings (SSSR count). The minimum absolute atomic E-state index is 0.343. The van der Waals surface area contributed by atoms with Gasteiger partial charge in [-0.15, -0.1) is 0 Å². The molecular formula is C12H27BrOSi. The van der Waals surface area contributed by atoms with Gasteiger partial charge in [0.15, 0.2) is 8.32 Å². The summed E-state index contributed by atoms with van der Waals surface area (Å²) in [5, 5.41) is 0.343. The van der Waals surface area contributed by atoms with Crippen LogP contribution in [0.2, 0.25) is 18.1 Å². The van der Waals surface area contributed by atoms with Gasteiger partial charge in [-0.25, -0.2) is 0 Å². The average Bonchev–Trinajstić information content (AvgIpc) is 2.00. The highest BCUT2D eigenvalue weighted by Gasteiger charge is 2.36. The Morgan fingerprint density at radius 3 is 2.13 bits per heavy atom. The summed E-state index contributed by atoms with van der Waals surface area (Å²) in [7, 11) is -1.49. The van der Waals surface area contributed by atoms with Gasteiger partial charge in [-0.3, -0.25) is 0 Å². The Labute approximate surface area is 105 Å². The molecule has 0 aromatic carbocycles. The van der Waals surface area contributed by atoms with Gasteiger partial charge in [0.1, 0.15) is 0 Å². The molecule has 1 atom stereocenters. The van der Waals surface area contributed by atoms with E-state index in [1.165, 1.54) is 19.3 Å². The van der Waals surface area contributed by atoms with Crippen molar-refractivity contribution >= 4 is 24.2 Å². The standard InChI is InChI=1S/C12H27BrOSi/c1-11(13)9-7-8-10-14-15(5,6)12(2,3)4/h11H,7-10H2,1-6H3. The van der Waals surface area contributed by atoms with Crippen molar-refractivity contribution in [3.63, 3.8) is 0 Å². The van der Waals surface area contributed by atoms with E-state index in [9.17, 15) is 0 Å². The second kappa shape index (κ2) is 6.41. The molecule has 0 saturated heterocycles. The second-order valence-corrected chi connectivity index (χ2v) is 12.3. The summed E-state index contributed by atoms with van der Waals surface area (Å²) in [6, 6.07) is 0. The maximum absolute atomic E-state index is 6.10. The molecule has 0 aromatic heterocycles. The van der Waals surface area contributed by atoms with Crippen LogP contribution in [-0.2, 0) is 4.43 Å². The molecule has 0 radical (unpaired) electrons. The van der Waals surface area contributed by atoms with Crippen LogP contribution in [0, 0.1) is 0 Å². The van der Waals surface area contributed by atoms with Gasteiger partial charge in [-0.05, 0) is 31.0 Å². The van der Waals surface area contributed by atoms with E-state index in [-0.39, 0.29) is 0 Å². The molecule has 0 fully saturated rings. The smallest absolute Gasteiger partial charge is 0.191 e. The molecule has 0 spiro atoms. The van der Waals surface area contributed by atoms with Crippen molar-refractivity contribution in [1.82, 2.24) is 0 Å². The highest BCUT2D eigenvalue weighted by molar-refractivity contribution is 9.09. The van der Waals surface area contributed by atoms with Crippen LogP contribution in [0.1, 0.15) is 47.0 Å². The van der Waals surface area contributed by atoms with Crippen LogP contribution in [0.4, 0.5) is 0 Å². The number of halogens is 1. The van der Waals surface area contributed by atoms with Crippen molar-refractivity contribution in [2.24, 2.45) is 0 Å². The Bertz CT molecular complexity index is 173. The van der Waals surface area contributed by atoms with E-state index in [4.69, 9.17) is 4.43 Å². The summed E-state index contributed by atoms with van der Waals surface area (Å²) in [5.41, 5.74) is 0. The molecule has 3 heteroatoms. The van der Waals surface area contributed by atoms with Crippen LogP contribution < -0.4 is 0 Å². The van der Waals surface area contributed by atoms with Crippen molar-refractivity contribution in [2.75, 3.05) is 6.61 Å². The van der Waals surface area contributed by atoms with Crippen molar-refractivity contribution in [3.8, 4) is 0 Å². The minimum Gasteiger partial charge on any atom is -0.417 e. The van der Waals surface area contributed by atoms with Crippen LogP contribution in [0.5, 0.6) is 0 Å². The first-order chi connectivity index (χ1) is 6.67. The molecule has 0 amide bonds. The third-order valence-corrected chi connectivity index (χ3v) is 8.26. The highest BCUT2D eigenvalue weighted by atomic mass is 79.9. The average molecular weight is 295 g/mol. The van der Waals surface area contributed by atoms with Crippen molar-refractivity contribution in [1.29, 1.82) is 0 Å². The predicted octanol–water partition coefficient (Wildman–Crippen LogP) is 4.96. The van der Waals surface area contributed by atoms with E-state index < -0.39 is 8.32 Å². The van der Waals surface area contributed by atoms with Gasteiger partial charge in [0.2, 0.25) is 0 Å². The van der Waals surface area contributed by atoms with E-state index in [2.05, 4.69) is 56.7 Å². The van der Waals surface area contributed by atoms with Crippen LogP contribution >= 0.6 is 15.9 Å². The van der Waals surface area contributed by atoms with Gasteiger partial charge in [0, 0.05) is 11.4 Å². The minimum atomic E-state index is -1.49. The third kappa shape index (κ3) is 6.75. The molecule has 15 heavy (non-hydrogen) atoms. The molecule has 0 aliphatic rings. The maximum Gasteiger partial charge on any atom is 0.191 e. The molecule has 1 unspecified atom stereocenters. The number of unbranched alkanes of at least 4 members (excludes halogenated alkanes) is 1. The Morgan fingerprint density at radius 1 is 1.20 bits per heavy atom. The highest BCUT2D eigenvalue weighted by Crippen LogP contribution is 2.36. The lowest BCUT2D eigenvalue weighted by Gasteiger charge is -2.36. The zero-order valence-electron chi connectivity index (χ0n) is 11.2. The molecule has 0 saturated carbocycles. The summed E-state index contributed by atoms with van der Waals surface area (Å²) in [5.74, 6) is 0. The monoisotopic (exact) mass is 294 g/mol. The van der Waals surface area contributed by atoms with Crippen molar-refractivity contribution < 1.29 is 4.43 Å². The molecule has 92 valence electrons. The van der Waals surface area contributed by atoms with E-state index in [1.54, 1.807) is 0 Å². The quantitative estimate of drug-likeness (QED) is 0.382. The van der Waals surface area contributed by atoms with Crippen LogP contribution in [0.3, 0.4) is 0 Å². The van der Waals surface area contributed by atoms with E-state index in [0.29, 0.717) is 9.87 Å². The first-order valence-electron chi connectivity index (χ1n) is 5.95. The molecule has 0 N–H and O–H groups in total. The topological polar surface area (TPSA) is 9.23 Å². The van der Waals surface area contributed by atoms with Crippen LogP contribution in [0.25, 0.3) is 0 Å². The van der Waals surface area contributed by atoms with E-state index in [1.807, 2.05) is 0 Å². The summed E-state index contributed by atoms with van der Waals surface area (Å²) >= 11 is 3.57. The summed E-state index contributed by atoms with van der Waals surface area (Å²) in [6.07, 6.45) is 3.71. The molecule has 0 bridgehead atoms. The Balaban J connectivity index is 3.68.